The van der Waals surface area contributed by atoms with Crippen molar-refractivity contribution in [3.8, 4) is 17.1 Å². The molecule has 1 unspecified atom stereocenters. The minimum absolute atomic E-state index is 0.0614. The normalized spacial score (nSPS) is 21.2. The number of halogens is 1. The summed E-state index contributed by atoms with van der Waals surface area (Å²) in [5.74, 6) is 1.10. The van der Waals surface area contributed by atoms with Gasteiger partial charge in [-0.15, -0.1) is 0 Å². The first-order valence-electron chi connectivity index (χ1n) is 13.2. The molecule has 38 heavy (non-hydrogen) atoms. The van der Waals surface area contributed by atoms with Crippen molar-refractivity contribution in [3.63, 3.8) is 0 Å². The number of ether oxygens (including phenoxy) is 2. The van der Waals surface area contributed by atoms with Crippen LogP contribution in [0.5, 0.6) is 5.88 Å². The SMILES string of the molecule is COc1nc(N(C)C)ncc1-c1cc2c(n1C(C)C)C(c1ccc(Cl)cc1)N([C@H]1CC[C@H](OC)CC1)C2=O. The van der Waals surface area contributed by atoms with Crippen LogP contribution in [0, 0.1) is 0 Å². The molecule has 3 aromatic rings. The van der Waals surface area contributed by atoms with Gasteiger partial charge in [0.15, 0.2) is 0 Å². The second kappa shape index (κ2) is 10.6. The monoisotopic (exact) mass is 537 g/mol. The summed E-state index contributed by atoms with van der Waals surface area (Å²) in [5, 5.41) is 0.674. The molecule has 1 fully saturated rings. The molecular weight excluding hydrogens is 502 g/mol. The van der Waals surface area contributed by atoms with E-state index < -0.39 is 0 Å². The van der Waals surface area contributed by atoms with E-state index in [0.717, 1.165) is 53.8 Å². The Labute approximate surface area is 229 Å². The third kappa shape index (κ3) is 4.54. The van der Waals surface area contributed by atoms with Crippen LogP contribution in [0.4, 0.5) is 5.95 Å². The van der Waals surface area contributed by atoms with Crippen LogP contribution < -0.4 is 9.64 Å². The van der Waals surface area contributed by atoms with Gasteiger partial charge < -0.3 is 23.8 Å². The smallest absolute Gasteiger partial charge is 0.256 e. The van der Waals surface area contributed by atoms with Gasteiger partial charge in [0.2, 0.25) is 11.8 Å². The molecule has 8 nitrogen and oxygen atoms in total. The summed E-state index contributed by atoms with van der Waals surface area (Å²) in [6.45, 7) is 4.28. The fourth-order valence-corrected chi connectivity index (χ4v) is 6.07. The van der Waals surface area contributed by atoms with E-state index in [-0.39, 0.29) is 30.1 Å². The number of amides is 1. The number of anilines is 1. The molecule has 1 atom stereocenters. The maximum absolute atomic E-state index is 14.2. The summed E-state index contributed by atoms with van der Waals surface area (Å²) in [4.78, 5) is 27.3. The van der Waals surface area contributed by atoms with E-state index in [1.54, 1.807) is 20.4 Å². The fraction of sp³-hybridized carbons (Fsp3) is 0.483. The molecule has 1 aliphatic heterocycles. The van der Waals surface area contributed by atoms with Crippen molar-refractivity contribution in [2.75, 3.05) is 33.2 Å². The lowest BCUT2D eigenvalue weighted by atomic mass is 9.90. The first-order chi connectivity index (χ1) is 18.2. The number of hydrogen-bond donors (Lipinski definition) is 0. The number of carbonyl (C=O) groups excluding carboxylic acids is 1. The Kier molecular flexibility index (Phi) is 7.38. The number of nitrogens with zero attached hydrogens (tertiary/aromatic N) is 5. The lowest BCUT2D eigenvalue weighted by molar-refractivity contribution is 0.0295. The van der Waals surface area contributed by atoms with Crippen molar-refractivity contribution in [2.45, 2.75) is 63.8 Å². The molecular formula is C29H36ClN5O3. The Morgan fingerprint density at radius 2 is 1.74 bits per heavy atom. The van der Waals surface area contributed by atoms with Gasteiger partial charge in [0.05, 0.1) is 41.8 Å². The van der Waals surface area contributed by atoms with Crippen LogP contribution in [0.1, 0.15) is 73.2 Å². The van der Waals surface area contributed by atoms with E-state index >= 15 is 0 Å². The molecule has 0 radical (unpaired) electrons. The molecule has 202 valence electrons. The van der Waals surface area contributed by atoms with E-state index in [1.807, 2.05) is 49.3 Å². The summed E-state index contributed by atoms with van der Waals surface area (Å²) in [7, 11) is 7.17. The highest BCUT2D eigenvalue weighted by Crippen LogP contribution is 2.47. The van der Waals surface area contributed by atoms with Crippen LogP contribution in [-0.4, -0.2) is 65.8 Å². The van der Waals surface area contributed by atoms with Crippen LogP contribution in [0.25, 0.3) is 11.3 Å². The Bertz CT molecular complexity index is 1310. The standard InChI is InChI=1S/C29H36ClN5O3/c1-17(2)34-24(23-16-31-29(33(3)4)32-27(23)38-6)15-22-26(34)25(18-7-9-19(30)10-8-18)35(28(22)36)20-11-13-21(37-5)14-12-20/h7-10,15-17,20-21,25H,11-14H2,1-6H3/t20-,21-,25?. The maximum Gasteiger partial charge on any atom is 0.256 e. The molecule has 3 heterocycles. The van der Waals surface area contributed by atoms with Crippen molar-refractivity contribution in [2.24, 2.45) is 0 Å². The average molecular weight is 538 g/mol. The lowest BCUT2D eigenvalue weighted by Gasteiger charge is -2.38. The van der Waals surface area contributed by atoms with Gasteiger partial charge in [-0.1, -0.05) is 23.7 Å². The molecule has 2 aliphatic rings. The Balaban J connectivity index is 1.67. The summed E-state index contributed by atoms with van der Waals surface area (Å²) >= 11 is 6.27. The van der Waals surface area contributed by atoms with Crippen LogP contribution in [0.15, 0.2) is 36.5 Å². The molecule has 2 aromatic heterocycles. The van der Waals surface area contributed by atoms with Gasteiger partial charge in [-0.2, -0.15) is 4.98 Å². The maximum atomic E-state index is 14.2. The quantitative estimate of drug-likeness (QED) is 0.382. The fourth-order valence-electron chi connectivity index (χ4n) is 5.95. The Morgan fingerprint density at radius 1 is 1.05 bits per heavy atom. The van der Waals surface area contributed by atoms with Gasteiger partial charge >= 0.3 is 0 Å². The zero-order valence-corrected chi connectivity index (χ0v) is 23.7. The number of rotatable bonds is 7. The van der Waals surface area contributed by atoms with Gasteiger partial charge in [0.25, 0.3) is 5.91 Å². The molecule has 9 heteroatoms. The number of fused-ring (bicyclic) bond motifs is 1. The molecule has 0 spiro atoms. The summed E-state index contributed by atoms with van der Waals surface area (Å²) in [6, 6.07) is 9.88. The number of benzene rings is 1. The molecule has 1 aromatic carbocycles. The number of methoxy groups -OCH3 is 2. The summed E-state index contributed by atoms with van der Waals surface area (Å²) in [6.07, 6.45) is 5.78. The minimum Gasteiger partial charge on any atom is -0.480 e. The number of hydrogen-bond acceptors (Lipinski definition) is 6. The van der Waals surface area contributed by atoms with E-state index in [2.05, 4.69) is 33.3 Å². The zero-order valence-electron chi connectivity index (χ0n) is 22.9. The van der Waals surface area contributed by atoms with Crippen LogP contribution >= 0.6 is 11.6 Å². The van der Waals surface area contributed by atoms with E-state index in [9.17, 15) is 4.79 Å². The Morgan fingerprint density at radius 3 is 2.32 bits per heavy atom. The molecule has 0 N–H and O–H groups in total. The van der Waals surface area contributed by atoms with Crippen LogP contribution in [0.3, 0.4) is 0 Å². The first-order valence-corrected chi connectivity index (χ1v) is 13.6. The van der Waals surface area contributed by atoms with Crippen molar-refractivity contribution < 1.29 is 14.3 Å². The predicted octanol–water partition coefficient (Wildman–Crippen LogP) is 5.76. The van der Waals surface area contributed by atoms with Gasteiger partial charge in [0, 0.05) is 44.5 Å². The van der Waals surface area contributed by atoms with E-state index in [1.165, 1.54) is 0 Å². The van der Waals surface area contributed by atoms with Crippen molar-refractivity contribution in [3.05, 3.63) is 58.4 Å². The lowest BCUT2D eigenvalue weighted by Crippen LogP contribution is -2.42. The zero-order chi connectivity index (χ0) is 27.1. The van der Waals surface area contributed by atoms with Gasteiger partial charge in [-0.05, 0) is 63.3 Å². The minimum atomic E-state index is -0.219. The average Bonchev–Trinajstić information content (AvgIpc) is 3.44. The molecule has 1 saturated carbocycles. The predicted molar refractivity (Wildman–Crippen MR) is 149 cm³/mol. The van der Waals surface area contributed by atoms with Crippen LogP contribution in [-0.2, 0) is 4.74 Å². The summed E-state index contributed by atoms with van der Waals surface area (Å²) < 4.78 is 13.6. The largest absolute Gasteiger partial charge is 0.480 e. The van der Waals surface area contributed by atoms with Gasteiger partial charge in [-0.3, -0.25) is 4.79 Å². The highest BCUT2D eigenvalue weighted by atomic mass is 35.5. The van der Waals surface area contributed by atoms with Gasteiger partial charge in [0.1, 0.15) is 0 Å². The summed E-state index contributed by atoms with van der Waals surface area (Å²) in [5.41, 5.74) is 4.41. The molecule has 1 amide bonds. The van der Waals surface area contributed by atoms with Crippen molar-refractivity contribution in [1.29, 1.82) is 0 Å². The highest BCUT2D eigenvalue weighted by Gasteiger charge is 2.46. The first kappa shape index (κ1) is 26.5. The van der Waals surface area contributed by atoms with E-state index in [0.29, 0.717) is 16.9 Å². The van der Waals surface area contributed by atoms with Crippen molar-refractivity contribution in [1.82, 2.24) is 19.4 Å². The molecule has 0 bridgehead atoms. The van der Waals surface area contributed by atoms with Crippen LogP contribution in [0.2, 0.25) is 5.02 Å². The van der Waals surface area contributed by atoms with E-state index in [4.69, 9.17) is 21.1 Å². The van der Waals surface area contributed by atoms with Gasteiger partial charge in [-0.25, -0.2) is 4.98 Å². The number of carbonyl (C=O) groups is 1. The Hall–Kier alpha value is -3.10. The number of aromatic nitrogens is 3. The molecule has 5 rings (SSSR count). The topological polar surface area (TPSA) is 72.7 Å². The molecule has 0 saturated heterocycles. The third-order valence-corrected chi connectivity index (χ3v) is 8.01. The van der Waals surface area contributed by atoms with Crippen molar-refractivity contribution >= 4 is 23.5 Å². The second-order valence-corrected chi connectivity index (χ2v) is 11.0. The highest BCUT2D eigenvalue weighted by molar-refractivity contribution is 6.30. The second-order valence-electron chi connectivity index (χ2n) is 10.6. The molecule has 1 aliphatic carbocycles. The third-order valence-electron chi connectivity index (χ3n) is 7.76.